The summed E-state index contributed by atoms with van der Waals surface area (Å²) in [5.74, 6) is 0. The smallest absolute Gasteiger partial charge is 0.0952 e. The lowest BCUT2D eigenvalue weighted by Gasteiger charge is -2.11. The van der Waals surface area contributed by atoms with Crippen molar-refractivity contribution in [2.75, 3.05) is 5.32 Å². The summed E-state index contributed by atoms with van der Waals surface area (Å²) >= 11 is 0. The maximum Gasteiger partial charge on any atom is 0.0952 e. The zero-order valence-corrected chi connectivity index (χ0v) is 9.78. The van der Waals surface area contributed by atoms with E-state index >= 15 is 0 Å². The lowest BCUT2D eigenvalue weighted by atomic mass is 10.2. The summed E-state index contributed by atoms with van der Waals surface area (Å²) in [6, 6.07) is 11.9. The molecule has 0 aliphatic heterocycles. The van der Waals surface area contributed by atoms with Gasteiger partial charge in [-0.05, 0) is 24.3 Å². The van der Waals surface area contributed by atoms with E-state index in [-0.39, 0.29) is 0 Å². The summed E-state index contributed by atoms with van der Waals surface area (Å²) in [6.45, 7) is 0.731. The number of nitrogens with zero attached hydrogens (tertiary/aromatic N) is 2. The average molecular weight is 239 g/mol. The highest BCUT2D eigenvalue weighted by Gasteiger charge is 2.03. The maximum atomic E-state index is 5.05. The normalized spacial score (nSPS) is 10.4. The van der Waals surface area contributed by atoms with Gasteiger partial charge in [-0.3, -0.25) is 0 Å². The summed E-state index contributed by atoms with van der Waals surface area (Å²) in [5, 5.41) is 7.63. The molecule has 0 saturated carbocycles. The van der Waals surface area contributed by atoms with E-state index in [4.69, 9.17) is 4.42 Å². The van der Waals surface area contributed by atoms with E-state index in [0.717, 1.165) is 23.5 Å². The molecular formula is C14H13N3O. The third kappa shape index (κ3) is 2.13. The summed E-state index contributed by atoms with van der Waals surface area (Å²) in [5.41, 5.74) is 3.19. The molecular weight excluding hydrogens is 226 g/mol. The van der Waals surface area contributed by atoms with Crippen LogP contribution < -0.4 is 5.32 Å². The molecule has 90 valence electrons. The SMILES string of the molecule is c1ccc(-n2cccn2)c(NCc2ccoc2)c1. The number of para-hydroxylation sites is 2. The molecule has 1 N–H and O–H groups in total. The van der Waals surface area contributed by atoms with Gasteiger partial charge in [0.25, 0.3) is 0 Å². The molecule has 4 nitrogen and oxygen atoms in total. The Morgan fingerprint density at radius 2 is 2.11 bits per heavy atom. The first-order chi connectivity index (χ1) is 8.93. The van der Waals surface area contributed by atoms with Crippen molar-refractivity contribution in [1.82, 2.24) is 9.78 Å². The average Bonchev–Trinajstić information content (AvgIpc) is 3.10. The molecule has 3 rings (SSSR count). The van der Waals surface area contributed by atoms with Crippen molar-refractivity contribution < 1.29 is 4.42 Å². The monoisotopic (exact) mass is 239 g/mol. The second kappa shape index (κ2) is 4.79. The number of benzene rings is 1. The summed E-state index contributed by atoms with van der Waals surface area (Å²) in [4.78, 5) is 0. The van der Waals surface area contributed by atoms with Gasteiger partial charge < -0.3 is 9.73 Å². The van der Waals surface area contributed by atoms with Gasteiger partial charge in [-0.25, -0.2) is 4.68 Å². The van der Waals surface area contributed by atoms with E-state index < -0.39 is 0 Å². The van der Waals surface area contributed by atoms with Gasteiger partial charge in [0.1, 0.15) is 0 Å². The van der Waals surface area contributed by atoms with E-state index in [9.17, 15) is 0 Å². The predicted octanol–water partition coefficient (Wildman–Crippen LogP) is 3.08. The fourth-order valence-electron chi connectivity index (χ4n) is 1.82. The molecule has 4 heteroatoms. The molecule has 0 bridgehead atoms. The van der Waals surface area contributed by atoms with Gasteiger partial charge in [0.15, 0.2) is 0 Å². The van der Waals surface area contributed by atoms with Crippen molar-refractivity contribution in [1.29, 1.82) is 0 Å². The van der Waals surface area contributed by atoms with Crippen LogP contribution >= 0.6 is 0 Å². The second-order valence-corrected chi connectivity index (χ2v) is 3.95. The fraction of sp³-hybridized carbons (Fsp3) is 0.0714. The molecule has 0 spiro atoms. The Hall–Kier alpha value is -2.49. The zero-order chi connectivity index (χ0) is 12.2. The molecule has 18 heavy (non-hydrogen) atoms. The second-order valence-electron chi connectivity index (χ2n) is 3.95. The van der Waals surface area contributed by atoms with Gasteiger partial charge in [0, 0.05) is 24.5 Å². The third-order valence-corrected chi connectivity index (χ3v) is 2.72. The summed E-state index contributed by atoms with van der Waals surface area (Å²) < 4.78 is 6.89. The molecule has 0 unspecified atom stereocenters. The Morgan fingerprint density at radius 1 is 1.17 bits per heavy atom. The molecule has 0 amide bonds. The van der Waals surface area contributed by atoms with Crippen LogP contribution in [0.2, 0.25) is 0 Å². The zero-order valence-electron chi connectivity index (χ0n) is 9.78. The van der Waals surface area contributed by atoms with Crippen LogP contribution in [0.5, 0.6) is 0 Å². The minimum Gasteiger partial charge on any atom is -0.472 e. The third-order valence-electron chi connectivity index (χ3n) is 2.72. The highest BCUT2D eigenvalue weighted by atomic mass is 16.3. The van der Waals surface area contributed by atoms with Gasteiger partial charge in [-0.2, -0.15) is 5.10 Å². The van der Waals surface area contributed by atoms with E-state index in [0.29, 0.717) is 0 Å². The van der Waals surface area contributed by atoms with Crippen molar-refractivity contribution >= 4 is 5.69 Å². The van der Waals surface area contributed by atoms with Gasteiger partial charge in [0.2, 0.25) is 0 Å². The first kappa shape index (κ1) is 10.7. The molecule has 3 aromatic rings. The number of aromatic nitrogens is 2. The molecule has 0 fully saturated rings. The molecule has 0 aliphatic rings. The first-order valence-electron chi connectivity index (χ1n) is 5.77. The highest BCUT2D eigenvalue weighted by molar-refractivity contribution is 5.60. The van der Waals surface area contributed by atoms with Crippen LogP contribution in [-0.4, -0.2) is 9.78 Å². The van der Waals surface area contributed by atoms with Crippen molar-refractivity contribution in [2.45, 2.75) is 6.54 Å². The minimum absolute atomic E-state index is 0.731. The van der Waals surface area contributed by atoms with Crippen LogP contribution in [0.3, 0.4) is 0 Å². The van der Waals surface area contributed by atoms with E-state index in [2.05, 4.69) is 10.4 Å². The van der Waals surface area contributed by atoms with Crippen LogP contribution in [0.15, 0.2) is 65.7 Å². The summed E-state index contributed by atoms with van der Waals surface area (Å²) in [6.07, 6.45) is 7.12. The number of hydrogen-bond donors (Lipinski definition) is 1. The Kier molecular flexibility index (Phi) is 2.84. The van der Waals surface area contributed by atoms with Crippen LogP contribution in [-0.2, 0) is 6.54 Å². The Balaban J connectivity index is 1.84. The molecule has 1 aromatic carbocycles. The Bertz CT molecular complexity index is 600. The van der Waals surface area contributed by atoms with Crippen molar-refractivity contribution in [3.63, 3.8) is 0 Å². The highest BCUT2D eigenvalue weighted by Crippen LogP contribution is 2.19. The number of rotatable bonds is 4. The molecule has 0 atom stereocenters. The first-order valence-corrected chi connectivity index (χ1v) is 5.77. The Labute approximate surface area is 105 Å². The number of furan rings is 1. The summed E-state index contributed by atoms with van der Waals surface area (Å²) in [7, 11) is 0. The number of hydrogen-bond acceptors (Lipinski definition) is 3. The van der Waals surface area contributed by atoms with E-state index in [1.807, 2.05) is 47.3 Å². The molecule has 2 aromatic heterocycles. The fourth-order valence-corrected chi connectivity index (χ4v) is 1.82. The predicted molar refractivity (Wildman–Crippen MR) is 69.6 cm³/mol. The van der Waals surface area contributed by atoms with Crippen molar-refractivity contribution in [3.05, 3.63) is 66.9 Å². The minimum atomic E-state index is 0.731. The number of nitrogens with one attached hydrogen (secondary N) is 1. The van der Waals surface area contributed by atoms with Crippen LogP contribution in [0.4, 0.5) is 5.69 Å². The van der Waals surface area contributed by atoms with Gasteiger partial charge in [-0.1, -0.05) is 12.1 Å². The van der Waals surface area contributed by atoms with Gasteiger partial charge in [0.05, 0.1) is 23.9 Å². The maximum absolute atomic E-state index is 5.05. The quantitative estimate of drug-likeness (QED) is 0.760. The van der Waals surface area contributed by atoms with E-state index in [1.165, 1.54) is 0 Å². The van der Waals surface area contributed by atoms with Crippen molar-refractivity contribution in [3.8, 4) is 5.69 Å². The Morgan fingerprint density at radius 3 is 2.89 bits per heavy atom. The topological polar surface area (TPSA) is 43.0 Å². The van der Waals surface area contributed by atoms with E-state index in [1.54, 1.807) is 18.7 Å². The van der Waals surface area contributed by atoms with Gasteiger partial charge in [-0.15, -0.1) is 0 Å². The van der Waals surface area contributed by atoms with Crippen LogP contribution in [0, 0.1) is 0 Å². The van der Waals surface area contributed by atoms with Crippen molar-refractivity contribution in [2.24, 2.45) is 0 Å². The van der Waals surface area contributed by atoms with Crippen LogP contribution in [0.1, 0.15) is 5.56 Å². The molecule has 0 radical (unpaired) electrons. The molecule has 0 saturated heterocycles. The molecule has 2 heterocycles. The molecule has 0 aliphatic carbocycles. The van der Waals surface area contributed by atoms with Gasteiger partial charge >= 0.3 is 0 Å². The lowest BCUT2D eigenvalue weighted by Crippen LogP contribution is -2.04. The standard InChI is InChI=1S/C14H13N3O/c1-2-5-14(17-8-3-7-16-17)13(4-1)15-10-12-6-9-18-11-12/h1-9,11,15H,10H2. The van der Waals surface area contributed by atoms with Crippen LogP contribution in [0.25, 0.3) is 5.69 Å². The lowest BCUT2D eigenvalue weighted by molar-refractivity contribution is 0.564. The largest absolute Gasteiger partial charge is 0.472 e. The number of anilines is 1.